The fraction of sp³-hybridized carbons (Fsp3) is 0.429. The van der Waals surface area contributed by atoms with Crippen LogP contribution in [0, 0.1) is 0 Å². The topological polar surface area (TPSA) is 32.3 Å². The third-order valence-corrected chi connectivity index (χ3v) is 3.34. The first-order chi connectivity index (χ1) is 7.65. The number of fused-ring (bicyclic) bond motifs is 1. The van der Waals surface area contributed by atoms with Crippen LogP contribution in [0.3, 0.4) is 0 Å². The van der Waals surface area contributed by atoms with Crippen LogP contribution in [0.25, 0.3) is 0 Å². The molecule has 1 aliphatic rings. The van der Waals surface area contributed by atoms with Crippen molar-refractivity contribution in [1.29, 1.82) is 0 Å². The SMILES string of the molecule is C=CCCC(C)(O)C1NCc2ccccc21. The molecule has 1 heterocycles. The summed E-state index contributed by atoms with van der Waals surface area (Å²) in [5, 5.41) is 13.9. The molecule has 0 spiro atoms. The minimum Gasteiger partial charge on any atom is -0.388 e. The van der Waals surface area contributed by atoms with Crippen LogP contribution in [0.4, 0.5) is 0 Å². The normalized spacial score (nSPS) is 22.5. The lowest BCUT2D eigenvalue weighted by molar-refractivity contribution is 0.0146. The van der Waals surface area contributed by atoms with Gasteiger partial charge in [-0.3, -0.25) is 0 Å². The zero-order valence-corrected chi connectivity index (χ0v) is 9.74. The van der Waals surface area contributed by atoms with Crippen molar-refractivity contribution in [3.05, 3.63) is 48.0 Å². The highest BCUT2D eigenvalue weighted by Gasteiger charge is 2.36. The van der Waals surface area contributed by atoms with Gasteiger partial charge in [-0.05, 0) is 30.9 Å². The number of hydrogen-bond acceptors (Lipinski definition) is 2. The van der Waals surface area contributed by atoms with E-state index in [1.807, 2.05) is 25.1 Å². The molecule has 2 unspecified atom stereocenters. The minimum atomic E-state index is -0.708. The van der Waals surface area contributed by atoms with Crippen molar-refractivity contribution in [2.75, 3.05) is 0 Å². The molecule has 0 fully saturated rings. The summed E-state index contributed by atoms with van der Waals surface area (Å²) in [4.78, 5) is 0. The standard InChI is InChI=1S/C14H19NO/c1-3-4-9-14(2,16)13-12-8-6-5-7-11(12)10-15-13/h3,5-8,13,15-16H,1,4,9-10H2,2H3. The first-order valence-corrected chi connectivity index (χ1v) is 5.79. The summed E-state index contributed by atoms with van der Waals surface area (Å²) in [7, 11) is 0. The van der Waals surface area contributed by atoms with E-state index >= 15 is 0 Å². The molecule has 86 valence electrons. The van der Waals surface area contributed by atoms with E-state index < -0.39 is 5.60 Å². The second-order valence-corrected chi connectivity index (χ2v) is 4.70. The molecule has 0 amide bonds. The highest BCUT2D eigenvalue weighted by atomic mass is 16.3. The van der Waals surface area contributed by atoms with Crippen LogP contribution in [0.5, 0.6) is 0 Å². The minimum absolute atomic E-state index is 0.0450. The van der Waals surface area contributed by atoms with Crippen molar-refractivity contribution in [2.24, 2.45) is 0 Å². The van der Waals surface area contributed by atoms with Crippen molar-refractivity contribution in [1.82, 2.24) is 5.32 Å². The number of hydrogen-bond donors (Lipinski definition) is 2. The Morgan fingerprint density at radius 3 is 3.06 bits per heavy atom. The van der Waals surface area contributed by atoms with Gasteiger partial charge in [-0.1, -0.05) is 30.3 Å². The number of allylic oxidation sites excluding steroid dienone is 1. The molecule has 0 saturated heterocycles. The van der Waals surface area contributed by atoms with Gasteiger partial charge in [-0.15, -0.1) is 6.58 Å². The molecule has 2 rings (SSSR count). The Bertz CT molecular complexity index is 384. The van der Waals surface area contributed by atoms with Crippen LogP contribution in [0.2, 0.25) is 0 Å². The van der Waals surface area contributed by atoms with Gasteiger partial charge in [0.05, 0.1) is 11.6 Å². The van der Waals surface area contributed by atoms with Gasteiger partial charge in [0.2, 0.25) is 0 Å². The van der Waals surface area contributed by atoms with E-state index in [2.05, 4.69) is 24.0 Å². The fourth-order valence-corrected chi connectivity index (χ4v) is 2.39. The Morgan fingerprint density at radius 1 is 1.56 bits per heavy atom. The van der Waals surface area contributed by atoms with Crippen LogP contribution in [-0.2, 0) is 6.54 Å². The largest absolute Gasteiger partial charge is 0.388 e. The molecule has 0 bridgehead atoms. The molecule has 0 aliphatic carbocycles. The molecule has 0 radical (unpaired) electrons. The zero-order chi connectivity index (χ0) is 11.6. The number of benzene rings is 1. The summed E-state index contributed by atoms with van der Waals surface area (Å²) in [6.45, 7) is 6.45. The lowest BCUT2D eigenvalue weighted by atomic mass is 9.87. The Morgan fingerprint density at radius 2 is 2.31 bits per heavy atom. The summed E-state index contributed by atoms with van der Waals surface area (Å²) < 4.78 is 0. The van der Waals surface area contributed by atoms with E-state index in [-0.39, 0.29) is 6.04 Å². The van der Waals surface area contributed by atoms with Gasteiger partial charge in [0, 0.05) is 6.54 Å². The molecule has 1 aliphatic heterocycles. The molecule has 2 heteroatoms. The molecule has 2 atom stereocenters. The summed E-state index contributed by atoms with van der Waals surface area (Å²) in [5.41, 5.74) is 1.82. The molecular formula is C14H19NO. The average molecular weight is 217 g/mol. The Hall–Kier alpha value is -1.12. The van der Waals surface area contributed by atoms with E-state index in [4.69, 9.17) is 0 Å². The maximum atomic E-state index is 10.5. The van der Waals surface area contributed by atoms with Gasteiger partial charge in [0.1, 0.15) is 0 Å². The molecular weight excluding hydrogens is 198 g/mol. The lowest BCUT2D eigenvalue weighted by Crippen LogP contribution is -2.38. The molecule has 0 aromatic heterocycles. The predicted molar refractivity (Wildman–Crippen MR) is 66.1 cm³/mol. The highest BCUT2D eigenvalue weighted by Crippen LogP contribution is 2.35. The Kier molecular flexibility index (Phi) is 3.13. The van der Waals surface area contributed by atoms with E-state index in [1.165, 1.54) is 11.1 Å². The van der Waals surface area contributed by atoms with Crippen LogP contribution in [-0.4, -0.2) is 10.7 Å². The summed E-state index contributed by atoms with van der Waals surface area (Å²) >= 11 is 0. The third kappa shape index (κ3) is 2.04. The summed E-state index contributed by atoms with van der Waals surface area (Å²) in [6.07, 6.45) is 3.44. The average Bonchev–Trinajstić information content (AvgIpc) is 2.71. The zero-order valence-electron chi connectivity index (χ0n) is 9.74. The molecule has 16 heavy (non-hydrogen) atoms. The van der Waals surface area contributed by atoms with Gasteiger partial charge < -0.3 is 10.4 Å². The van der Waals surface area contributed by atoms with Crippen molar-refractivity contribution < 1.29 is 5.11 Å². The van der Waals surface area contributed by atoms with Gasteiger partial charge in [0.25, 0.3) is 0 Å². The number of aliphatic hydroxyl groups is 1. The monoisotopic (exact) mass is 217 g/mol. The van der Waals surface area contributed by atoms with Gasteiger partial charge in [-0.2, -0.15) is 0 Å². The quantitative estimate of drug-likeness (QED) is 0.760. The van der Waals surface area contributed by atoms with E-state index in [0.717, 1.165) is 19.4 Å². The van der Waals surface area contributed by atoms with E-state index in [0.29, 0.717) is 0 Å². The van der Waals surface area contributed by atoms with E-state index in [9.17, 15) is 5.11 Å². The maximum absolute atomic E-state index is 10.5. The second-order valence-electron chi connectivity index (χ2n) is 4.70. The van der Waals surface area contributed by atoms with Crippen molar-refractivity contribution >= 4 is 0 Å². The molecule has 2 nitrogen and oxygen atoms in total. The summed E-state index contributed by atoms with van der Waals surface area (Å²) in [6, 6.07) is 8.33. The van der Waals surface area contributed by atoms with Crippen LogP contribution >= 0.6 is 0 Å². The Labute approximate surface area is 97.0 Å². The molecule has 1 aromatic rings. The van der Waals surface area contributed by atoms with Gasteiger partial charge in [-0.25, -0.2) is 0 Å². The first-order valence-electron chi connectivity index (χ1n) is 5.79. The maximum Gasteiger partial charge on any atom is 0.0816 e. The van der Waals surface area contributed by atoms with Crippen molar-refractivity contribution in [2.45, 2.75) is 38.0 Å². The van der Waals surface area contributed by atoms with Crippen molar-refractivity contribution in [3.8, 4) is 0 Å². The molecule has 2 N–H and O–H groups in total. The van der Waals surface area contributed by atoms with Gasteiger partial charge >= 0.3 is 0 Å². The number of rotatable bonds is 4. The molecule has 1 aromatic carbocycles. The van der Waals surface area contributed by atoms with Crippen molar-refractivity contribution in [3.63, 3.8) is 0 Å². The lowest BCUT2D eigenvalue weighted by Gasteiger charge is -2.30. The Balaban J connectivity index is 2.20. The number of nitrogens with one attached hydrogen (secondary N) is 1. The molecule has 0 saturated carbocycles. The predicted octanol–water partition coefficient (Wildman–Crippen LogP) is 2.55. The summed E-state index contributed by atoms with van der Waals surface area (Å²) in [5.74, 6) is 0. The fourth-order valence-electron chi connectivity index (χ4n) is 2.39. The van der Waals surface area contributed by atoms with Crippen LogP contribution < -0.4 is 5.32 Å². The smallest absolute Gasteiger partial charge is 0.0816 e. The van der Waals surface area contributed by atoms with Crippen LogP contribution in [0.1, 0.15) is 36.9 Å². The van der Waals surface area contributed by atoms with Crippen LogP contribution in [0.15, 0.2) is 36.9 Å². The first kappa shape index (κ1) is 11.4. The third-order valence-electron chi connectivity index (χ3n) is 3.34. The van der Waals surface area contributed by atoms with E-state index in [1.54, 1.807) is 0 Å². The second kappa shape index (κ2) is 4.40. The highest BCUT2D eigenvalue weighted by molar-refractivity contribution is 5.35. The van der Waals surface area contributed by atoms with Gasteiger partial charge in [0.15, 0.2) is 0 Å².